The molecular formula is C36H35F6NO5. The van der Waals surface area contributed by atoms with Gasteiger partial charge < -0.3 is 14.6 Å². The maximum atomic E-state index is 13.6. The SMILES string of the molecule is COc1cc(C)c(-c2ccc(C(=O)O)cc2)cc1C1=C(CN2C(=O)OC(c3cc(C(F)(F)F)cc(C(F)(F)F)c3)[C@@H]2C)CC(C)(C)CC1. The van der Waals surface area contributed by atoms with Crippen molar-refractivity contribution < 1.29 is 50.5 Å². The number of cyclic esters (lactones) is 1. The number of hydrogen-bond donors (Lipinski definition) is 1. The zero-order valence-corrected chi connectivity index (χ0v) is 27.0. The third-order valence-electron chi connectivity index (χ3n) is 9.18. The molecule has 2 atom stereocenters. The van der Waals surface area contributed by atoms with Crippen molar-refractivity contribution in [1.82, 2.24) is 4.90 Å². The van der Waals surface area contributed by atoms with Gasteiger partial charge >= 0.3 is 24.4 Å². The number of allylic oxidation sites excluding steroid dienone is 1. The van der Waals surface area contributed by atoms with Crippen LogP contribution in [0.25, 0.3) is 16.7 Å². The normalized spacial score (nSPS) is 19.8. The predicted octanol–water partition coefficient (Wildman–Crippen LogP) is 9.95. The van der Waals surface area contributed by atoms with E-state index in [0.717, 1.165) is 39.8 Å². The van der Waals surface area contributed by atoms with Crippen molar-refractivity contribution in [1.29, 1.82) is 0 Å². The Bertz CT molecular complexity index is 1740. The Morgan fingerprint density at radius 2 is 1.58 bits per heavy atom. The topological polar surface area (TPSA) is 76.1 Å². The van der Waals surface area contributed by atoms with E-state index >= 15 is 0 Å². The van der Waals surface area contributed by atoms with Crippen LogP contribution in [0.1, 0.15) is 84.3 Å². The Hall–Kier alpha value is -4.48. The summed E-state index contributed by atoms with van der Waals surface area (Å²) in [6, 6.07) is 10.7. The minimum Gasteiger partial charge on any atom is -0.496 e. The highest BCUT2D eigenvalue weighted by atomic mass is 19.4. The molecule has 12 heteroatoms. The highest BCUT2D eigenvalue weighted by Crippen LogP contribution is 2.47. The summed E-state index contributed by atoms with van der Waals surface area (Å²) in [5, 5.41) is 9.33. The monoisotopic (exact) mass is 675 g/mol. The third-order valence-corrected chi connectivity index (χ3v) is 9.18. The van der Waals surface area contributed by atoms with E-state index in [2.05, 4.69) is 13.8 Å². The molecule has 1 amide bonds. The zero-order valence-electron chi connectivity index (χ0n) is 27.0. The number of methoxy groups -OCH3 is 1. The van der Waals surface area contributed by atoms with Gasteiger partial charge in [0.25, 0.3) is 0 Å². The second-order valence-corrected chi connectivity index (χ2v) is 13.2. The van der Waals surface area contributed by atoms with Crippen LogP contribution in [-0.4, -0.2) is 41.8 Å². The summed E-state index contributed by atoms with van der Waals surface area (Å²) in [6.07, 6.45) is -10.3. The van der Waals surface area contributed by atoms with Crippen LogP contribution in [0.3, 0.4) is 0 Å². The molecule has 1 aliphatic heterocycles. The second-order valence-electron chi connectivity index (χ2n) is 13.2. The molecule has 48 heavy (non-hydrogen) atoms. The Kier molecular flexibility index (Phi) is 9.09. The number of carbonyl (C=O) groups is 2. The molecule has 0 aromatic heterocycles. The van der Waals surface area contributed by atoms with Gasteiger partial charge in [-0.3, -0.25) is 4.90 Å². The van der Waals surface area contributed by atoms with E-state index in [1.54, 1.807) is 26.2 Å². The van der Waals surface area contributed by atoms with Crippen molar-refractivity contribution in [2.45, 2.75) is 71.5 Å². The smallest absolute Gasteiger partial charge is 0.416 e. The number of halogens is 6. The average molecular weight is 676 g/mol. The largest absolute Gasteiger partial charge is 0.496 e. The number of amides is 1. The predicted molar refractivity (Wildman–Crippen MR) is 167 cm³/mol. The lowest BCUT2D eigenvalue weighted by Gasteiger charge is -2.36. The minimum absolute atomic E-state index is 0.0417. The molecule has 1 heterocycles. The summed E-state index contributed by atoms with van der Waals surface area (Å²) in [5.74, 6) is -0.455. The minimum atomic E-state index is -5.04. The van der Waals surface area contributed by atoms with Crippen molar-refractivity contribution in [2.75, 3.05) is 13.7 Å². The molecule has 0 saturated carbocycles. The maximum Gasteiger partial charge on any atom is 0.416 e. The van der Waals surface area contributed by atoms with Gasteiger partial charge in [-0.25, -0.2) is 9.59 Å². The number of carboxylic acids is 1. The van der Waals surface area contributed by atoms with Crippen molar-refractivity contribution in [3.05, 3.63) is 93.6 Å². The number of alkyl halides is 6. The number of carboxylic acid groups (broad SMARTS) is 1. The lowest BCUT2D eigenvalue weighted by Crippen LogP contribution is -2.35. The highest BCUT2D eigenvalue weighted by Gasteiger charge is 2.44. The van der Waals surface area contributed by atoms with Gasteiger partial charge in [-0.2, -0.15) is 26.3 Å². The molecule has 1 N–H and O–H groups in total. The Morgan fingerprint density at radius 1 is 0.979 bits per heavy atom. The van der Waals surface area contributed by atoms with Crippen LogP contribution >= 0.6 is 0 Å². The number of rotatable bonds is 7. The Balaban J connectivity index is 1.56. The van der Waals surface area contributed by atoms with E-state index in [0.29, 0.717) is 30.7 Å². The van der Waals surface area contributed by atoms with Crippen LogP contribution < -0.4 is 4.74 Å². The van der Waals surface area contributed by atoms with E-state index < -0.39 is 53.3 Å². The number of carbonyl (C=O) groups excluding carboxylic acids is 1. The molecule has 0 radical (unpaired) electrons. The van der Waals surface area contributed by atoms with Gasteiger partial charge in [-0.15, -0.1) is 0 Å². The first-order valence-electron chi connectivity index (χ1n) is 15.3. The summed E-state index contributed by atoms with van der Waals surface area (Å²) in [4.78, 5) is 26.0. The van der Waals surface area contributed by atoms with E-state index in [1.807, 2.05) is 19.1 Å². The van der Waals surface area contributed by atoms with Crippen molar-refractivity contribution in [3.8, 4) is 16.9 Å². The molecule has 6 nitrogen and oxygen atoms in total. The fourth-order valence-electron chi connectivity index (χ4n) is 6.59. The zero-order chi connectivity index (χ0) is 35.3. The molecule has 3 aromatic carbocycles. The summed E-state index contributed by atoms with van der Waals surface area (Å²) in [6.45, 7) is 7.66. The maximum absolute atomic E-state index is 13.6. The summed E-state index contributed by atoms with van der Waals surface area (Å²) in [5.41, 5.74) is 1.71. The molecule has 1 aliphatic carbocycles. The van der Waals surface area contributed by atoms with Crippen LogP contribution in [0.15, 0.2) is 60.2 Å². The van der Waals surface area contributed by atoms with Gasteiger partial charge in [-0.05, 0) is 114 Å². The van der Waals surface area contributed by atoms with E-state index in [1.165, 1.54) is 17.0 Å². The molecule has 3 aromatic rings. The van der Waals surface area contributed by atoms with Crippen molar-refractivity contribution >= 4 is 17.6 Å². The number of ether oxygens (including phenoxy) is 2. The van der Waals surface area contributed by atoms with Crippen molar-refractivity contribution in [2.24, 2.45) is 5.41 Å². The number of aromatic carboxylic acids is 1. The highest BCUT2D eigenvalue weighted by molar-refractivity contribution is 5.89. The van der Waals surface area contributed by atoms with Crippen LogP contribution in [0.4, 0.5) is 31.1 Å². The van der Waals surface area contributed by atoms with Crippen LogP contribution in [0.2, 0.25) is 0 Å². The van der Waals surface area contributed by atoms with E-state index in [4.69, 9.17) is 9.47 Å². The van der Waals surface area contributed by atoms with Crippen LogP contribution in [0.5, 0.6) is 5.75 Å². The first-order valence-corrected chi connectivity index (χ1v) is 15.3. The van der Waals surface area contributed by atoms with Crippen molar-refractivity contribution in [3.63, 3.8) is 0 Å². The fourth-order valence-corrected chi connectivity index (χ4v) is 6.59. The first-order chi connectivity index (χ1) is 22.3. The number of nitrogens with zero attached hydrogens (tertiary/aromatic N) is 1. The first kappa shape index (κ1) is 34.8. The lowest BCUT2D eigenvalue weighted by atomic mass is 9.72. The number of benzene rings is 3. The van der Waals surface area contributed by atoms with Crippen LogP contribution in [-0.2, 0) is 17.1 Å². The summed E-state index contributed by atoms with van der Waals surface area (Å²) >= 11 is 0. The molecular weight excluding hydrogens is 640 g/mol. The van der Waals surface area contributed by atoms with Gasteiger partial charge in [0.05, 0.1) is 29.8 Å². The molecule has 2 aliphatic rings. The lowest BCUT2D eigenvalue weighted by molar-refractivity contribution is -0.143. The summed E-state index contributed by atoms with van der Waals surface area (Å²) in [7, 11) is 1.54. The van der Waals surface area contributed by atoms with Gasteiger partial charge in [0, 0.05) is 12.1 Å². The van der Waals surface area contributed by atoms with E-state index in [-0.39, 0.29) is 23.6 Å². The van der Waals surface area contributed by atoms with E-state index in [9.17, 15) is 41.0 Å². The summed E-state index contributed by atoms with van der Waals surface area (Å²) < 4.78 is 92.9. The van der Waals surface area contributed by atoms with Gasteiger partial charge in [0.15, 0.2) is 0 Å². The molecule has 1 fully saturated rings. The molecule has 0 bridgehead atoms. The molecule has 5 rings (SSSR count). The molecule has 256 valence electrons. The standard InChI is InChI=1S/C36H35F6NO5/c1-19-12-30(47-5)29(16-28(19)21-6-8-22(9-7-21)32(44)45)27-10-11-34(3,4)17-24(27)18-43-20(2)31(48-33(43)46)23-13-25(35(37,38)39)15-26(14-23)36(40,41)42/h6-9,12-16,20,31H,10-11,17-18H2,1-5H3,(H,44,45)/t20-,31?/m0/s1. The molecule has 1 saturated heterocycles. The average Bonchev–Trinajstić information content (AvgIpc) is 3.28. The van der Waals surface area contributed by atoms with Crippen LogP contribution in [0, 0.1) is 12.3 Å². The quantitative estimate of drug-likeness (QED) is 0.252. The van der Waals surface area contributed by atoms with Gasteiger partial charge in [0.2, 0.25) is 0 Å². The molecule has 0 spiro atoms. The molecule has 1 unspecified atom stereocenters. The Morgan fingerprint density at radius 3 is 2.12 bits per heavy atom. The third kappa shape index (κ3) is 7.02. The number of hydrogen-bond acceptors (Lipinski definition) is 4. The number of aryl methyl sites for hydroxylation is 1. The van der Waals surface area contributed by atoms with Gasteiger partial charge in [0.1, 0.15) is 11.9 Å². The fraction of sp³-hybridized carbons (Fsp3) is 0.389. The second kappa shape index (κ2) is 12.5. The Labute approximate surface area is 274 Å². The van der Waals surface area contributed by atoms with Gasteiger partial charge in [-0.1, -0.05) is 26.0 Å².